The van der Waals surface area contributed by atoms with Gasteiger partial charge in [0.2, 0.25) is 0 Å². The standard InChI is InChI=1S/C18H23N3O3/c1-12-9-13(2)21(20-12)10-14-3-5-15(6-4-14)18(23)19-16-11-24-8-7-17(16)22/h3-6,9,16-17,22H,7-8,10-11H2,1-2H3,(H,19,23)/t16-,17-/m1/s1. The van der Waals surface area contributed by atoms with E-state index in [0.29, 0.717) is 31.7 Å². The molecule has 2 N–H and O–H groups in total. The van der Waals surface area contributed by atoms with Crippen molar-refractivity contribution in [3.63, 3.8) is 0 Å². The molecule has 3 rings (SSSR count). The largest absolute Gasteiger partial charge is 0.391 e. The van der Waals surface area contributed by atoms with Crippen LogP contribution in [0, 0.1) is 13.8 Å². The van der Waals surface area contributed by atoms with E-state index in [1.807, 2.05) is 36.7 Å². The van der Waals surface area contributed by atoms with Crippen molar-refractivity contribution in [3.8, 4) is 0 Å². The van der Waals surface area contributed by atoms with E-state index in [1.54, 1.807) is 12.1 Å². The Morgan fingerprint density at radius 3 is 2.75 bits per heavy atom. The van der Waals surface area contributed by atoms with E-state index >= 15 is 0 Å². The lowest BCUT2D eigenvalue weighted by molar-refractivity contribution is -0.0140. The molecule has 6 nitrogen and oxygen atoms in total. The maximum Gasteiger partial charge on any atom is 0.251 e. The van der Waals surface area contributed by atoms with Crippen LogP contribution in [0.25, 0.3) is 0 Å². The molecule has 1 aromatic carbocycles. The average Bonchev–Trinajstić information content (AvgIpc) is 2.88. The van der Waals surface area contributed by atoms with Crippen molar-refractivity contribution in [1.82, 2.24) is 15.1 Å². The minimum Gasteiger partial charge on any atom is -0.391 e. The molecule has 1 fully saturated rings. The highest BCUT2D eigenvalue weighted by Crippen LogP contribution is 2.11. The highest BCUT2D eigenvalue weighted by atomic mass is 16.5. The van der Waals surface area contributed by atoms with Crippen LogP contribution in [0.5, 0.6) is 0 Å². The van der Waals surface area contributed by atoms with Gasteiger partial charge in [-0.2, -0.15) is 5.10 Å². The quantitative estimate of drug-likeness (QED) is 0.890. The van der Waals surface area contributed by atoms with E-state index < -0.39 is 6.10 Å². The first kappa shape index (κ1) is 16.7. The zero-order valence-electron chi connectivity index (χ0n) is 14.0. The summed E-state index contributed by atoms with van der Waals surface area (Å²) in [4.78, 5) is 12.3. The molecule has 0 spiro atoms. The number of aryl methyl sites for hydroxylation is 2. The number of amides is 1. The molecule has 2 heterocycles. The third-order valence-electron chi connectivity index (χ3n) is 4.29. The molecule has 2 atom stereocenters. The number of hydrogen-bond donors (Lipinski definition) is 2. The minimum atomic E-state index is -0.548. The average molecular weight is 329 g/mol. The van der Waals surface area contributed by atoms with E-state index in [4.69, 9.17) is 4.74 Å². The van der Waals surface area contributed by atoms with Gasteiger partial charge in [-0.3, -0.25) is 9.48 Å². The molecule has 1 saturated heterocycles. The van der Waals surface area contributed by atoms with E-state index in [9.17, 15) is 9.90 Å². The molecular weight excluding hydrogens is 306 g/mol. The number of ether oxygens (including phenoxy) is 1. The molecule has 0 radical (unpaired) electrons. The maximum absolute atomic E-state index is 12.3. The second kappa shape index (κ2) is 7.15. The van der Waals surface area contributed by atoms with Crippen LogP contribution in [-0.4, -0.2) is 46.2 Å². The summed E-state index contributed by atoms with van der Waals surface area (Å²) in [7, 11) is 0. The van der Waals surface area contributed by atoms with E-state index in [0.717, 1.165) is 17.0 Å². The normalized spacial score (nSPS) is 20.8. The number of nitrogens with zero attached hydrogens (tertiary/aromatic N) is 2. The number of benzene rings is 1. The second-order valence-electron chi connectivity index (χ2n) is 6.29. The van der Waals surface area contributed by atoms with Crippen molar-refractivity contribution in [1.29, 1.82) is 0 Å². The van der Waals surface area contributed by atoms with Crippen LogP contribution in [0.1, 0.15) is 33.7 Å². The Kier molecular flexibility index (Phi) is 4.97. The van der Waals surface area contributed by atoms with Gasteiger partial charge in [0.1, 0.15) is 0 Å². The highest BCUT2D eigenvalue weighted by molar-refractivity contribution is 5.94. The van der Waals surface area contributed by atoms with Crippen molar-refractivity contribution in [3.05, 3.63) is 52.8 Å². The van der Waals surface area contributed by atoms with Gasteiger partial charge in [-0.15, -0.1) is 0 Å². The number of hydrogen-bond acceptors (Lipinski definition) is 4. The van der Waals surface area contributed by atoms with Gasteiger partial charge in [0.05, 0.1) is 31.0 Å². The second-order valence-corrected chi connectivity index (χ2v) is 6.29. The maximum atomic E-state index is 12.3. The Bertz CT molecular complexity index is 709. The number of aliphatic hydroxyl groups excluding tert-OH is 1. The number of aromatic nitrogens is 2. The van der Waals surface area contributed by atoms with Crippen molar-refractivity contribution < 1.29 is 14.6 Å². The Labute approximate surface area is 141 Å². The van der Waals surface area contributed by atoms with Gasteiger partial charge in [0.15, 0.2) is 0 Å². The first-order valence-corrected chi connectivity index (χ1v) is 8.19. The first-order valence-electron chi connectivity index (χ1n) is 8.19. The zero-order chi connectivity index (χ0) is 17.1. The molecule has 2 aromatic rings. The number of carbonyl (C=O) groups is 1. The van der Waals surface area contributed by atoms with Gasteiger partial charge in [-0.25, -0.2) is 0 Å². The lowest BCUT2D eigenvalue weighted by atomic mass is 10.1. The third-order valence-corrected chi connectivity index (χ3v) is 4.29. The number of aliphatic hydroxyl groups is 1. The fourth-order valence-corrected chi connectivity index (χ4v) is 2.89. The van der Waals surface area contributed by atoms with Crippen LogP contribution in [0.2, 0.25) is 0 Å². The lowest BCUT2D eigenvalue weighted by Gasteiger charge is -2.28. The zero-order valence-corrected chi connectivity index (χ0v) is 14.0. The van der Waals surface area contributed by atoms with Crippen LogP contribution in [0.3, 0.4) is 0 Å². The topological polar surface area (TPSA) is 76.4 Å². The monoisotopic (exact) mass is 329 g/mol. The number of rotatable bonds is 4. The van der Waals surface area contributed by atoms with E-state index in [2.05, 4.69) is 10.4 Å². The fraction of sp³-hybridized carbons (Fsp3) is 0.444. The molecule has 0 aliphatic carbocycles. The van der Waals surface area contributed by atoms with Gasteiger partial charge in [0, 0.05) is 17.9 Å². The van der Waals surface area contributed by atoms with Crippen LogP contribution in [0.15, 0.2) is 30.3 Å². The summed E-state index contributed by atoms with van der Waals surface area (Å²) in [5, 5.41) is 17.2. The lowest BCUT2D eigenvalue weighted by Crippen LogP contribution is -2.49. The van der Waals surface area contributed by atoms with Crippen LogP contribution >= 0.6 is 0 Å². The van der Waals surface area contributed by atoms with Gasteiger partial charge < -0.3 is 15.2 Å². The molecule has 1 amide bonds. The van der Waals surface area contributed by atoms with Crippen molar-refractivity contribution >= 4 is 5.91 Å². The molecule has 6 heteroatoms. The summed E-state index contributed by atoms with van der Waals surface area (Å²) in [6.45, 7) is 5.56. The molecule has 1 aromatic heterocycles. The van der Waals surface area contributed by atoms with Crippen molar-refractivity contribution in [2.24, 2.45) is 0 Å². The predicted molar refractivity (Wildman–Crippen MR) is 89.9 cm³/mol. The third kappa shape index (κ3) is 3.83. The van der Waals surface area contributed by atoms with Crippen molar-refractivity contribution in [2.75, 3.05) is 13.2 Å². The fourth-order valence-electron chi connectivity index (χ4n) is 2.89. The molecule has 0 bridgehead atoms. The summed E-state index contributed by atoms with van der Waals surface area (Å²) in [6, 6.07) is 9.15. The molecule has 0 saturated carbocycles. The summed E-state index contributed by atoms with van der Waals surface area (Å²) in [6.07, 6.45) is -0.00000754. The molecule has 0 unspecified atom stereocenters. The Morgan fingerprint density at radius 2 is 2.12 bits per heavy atom. The summed E-state index contributed by atoms with van der Waals surface area (Å²) in [5.41, 5.74) is 3.76. The summed E-state index contributed by atoms with van der Waals surface area (Å²) >= 11 is 0. The molecule has 24 heavy (non-hydrogen) atoms. The SMILES string of the molecule is Cc1cc(C)n(Cc2ccc(C(=O)N[C@@H]3COCC[C@H]3O)cc2)n1. The smallest absolute Gasteiger partial charge is 0.251 e. The highest BCUT2D eigenvalue weighted by Gasteiger charge is 2.25. The summed E-state index contributed by atoms with van der Waals surface area (Å²) in [5.74, 6) is -0.192. The first-order chi connectivity index (χ1) is 11.5. The molecule has 1 aliphatic heterocycles. The Hall–Kier alpha value is -2.18. The van der Waals surface area contributed by atoms with Crippen LogP contribution in [0.4, 0.5) is 0 Å². The van der Waals surface area contributed by atoms with Gasteiger partial charge in [0.25, 0.3) is 5.91 Å². The van der Waals surface area contributed by atoms with E-state index in [1.165, 1.54) is 0 Å². The van der Waals surface area contributed by atoms with Crippen LogP contribution < -0.4 is 5.32 Å². The molecule has 1 aliphatic rings. The minimum absolute atomic E-state index is 0.192. The summed E-state index contributed by atoms with van der Waals surface area (Å²) < 4.78 is 7.25. The van der Waals surface area contributed by atoms with Crippen molar-refractivity contribution in [2.45, 2.75) is 39.0 Å². The van der Waals surface area contributed by atoms with E-state index in [-0.39, 0.29) is 11.9 Å². The Morgan fingerprint density at radius 1 is 1.38 bits per heavy atom. The predicted octanol–water partition coefficient (Wildman–Crippen LogP) is 1.43. The van der Waals surface area contributed by atoms with Gasteiger partial charge >= 0.3 is 0 Å². The number of nitrogens with one attached hydrogen (secondary N) is 1. The molecular formula is C18H23N3O3. The van der Waals surface area contributed by atoms with Gasteiger partial charge in [-0.1, -0.05) is 12.1 Å². The molecule has 128 valence electrons. The number of carbonyl (C=O) groups excluding carboxylic acids is 1. The Balaban J connectivity index is 1.63. The van der Waals surface area contributed by atoms with Crippen LogP contribution in [-0.2, 0) is 11.3 Å². The van der Waals surface area contributed by atoms with Gasteiger partial charge in [-0.05, 0) is 44.0 Å².